The molecule has 4 rings (SSSR count). The quantitative estimate of drug-likeness (QED) is 0.373. The standard InChI is InChI=1S/C25H22ClNO3/c1-17-14-20(13-12-19(17)11-10-18-6-2-3-7-18)25(28)29-16-21-15-24(27-30-21)22-8-4-5-9-23(22)26/h4-5,8-9,12-15,18H,2-3,6-7,16H2,1H3. The van der Waals surface area contributed by atoms with Crippen LogP contribution in [0.3, 0.4) is 0 Å². The lowest BCUT2D eigenvalue weighted by Crippen LogP contribution is -2.05. The number of carbonyl (C=O) groups is 1. The monoisotopic (exact) mass is 419 g/mol. The van der Waals surface area contributed by atoms with Gasteiger partial charge in [-0.05, 0) is 49.6 Å². The Morgan fingerprint density at radius 2 is 2.00 bits per heavy atom. The molecule has 0 unspecified atom stereocenters. The first kappa shape index (κ1) is 20.3. The zero-order chi connectivity index (χ0) is 20.9. The van der Waals surface area contributed by atoms with Crippen molar-refractivity contribution in [2.24, 2.45) is 5.92 Å². The third-order valence-electron chi connectivity index (χ3n) is 5.28. The molecule has 0 N–H and O–H groups in total. The fourth-order valence-electron chi connectivity index (χ4n) is 3.58. The van der Waals surface area contributed by atoms with Gasteiger partial charge >= 0.3 is 5.97 Å². The minimum absolute atomic E-state index is 0.00142. The van der Waals surface area contributed by atoms with Crippen molar-refractivity contribution in [3.8, 4) is 23.1 Å². The molecular formula is C25H22ClNO3. The molecule has 0 aliphatic heterocycles. The van der Waals surface area contributed by atoms with Crippen LogP contribution >= 0.6 is 11.6 Å². The Hall–Kier alpha value is -3.03. The Balaban J connectivity index is 1.38. The third-order valence-corrected chi connectivity index (χ3v) is 5.61. The van der Waals surface area contributed by atoms with Gasteiger partial charge < -0.3 is 9.26 Å². The largest absolute Gasteiger partial charge is 0.454 e. The smallest absolute Gasteiger partial charge is 0.338 e. The number of ether oxygens (including phenoxy) is 1. The molecule has 152 valence electrons. The summed E-state index contributed by atoms with van der Waals surface area (Å²) in [5.41, 5.74) is 3.79. The summed E-state index contributed by atoms with van der Waals surface area (Å²) in [4.78, 5) is 12.4. The fourth-order valence-corrected chi connectivity index (χ4v) is 3.81. The fraction of sp³-hybridized carbons (Fsp3) is 0.280. The van der Waals surface area contributed by atoms with Gasteiger partial charge in [0.2, 0.25) is 0 Å². The zero-order valence-corrected chi connectivity index (χ0v) is 17.5. The normalized spacial score (nSPS) is 13.7. The minimum Gasteiger partial charge on any atom is -0.454 e. The van der Waals surface area contributed by atoms with Gasteiger partial charge in [-0.3, -0.25) is 0 Å². The Kier molecular flexibility index (Phi) is 6.21. The van der Waals surface area contributed by atoms with Crippen molar-refractivity contribution in [2.75, 3.05) is 0 Å². The molecule has 5 heteroatoms. The molecule has 30 heavy (non-hydrogen) atoms. The highest BCUT2D eigenvalue weighted by Gasteiger charge is 2.14. The van der Waals surface area contributed by atoms with Gasteiger partial charge in [-0.25, -0.2) is 4.79 Å². The van der Waals surface area contributed by atoms with Crippen molar-refractivity contribution in [3.63, 3.8) is 0 Å². The molecule has 2 aromatic carbocycles. The molecule has 1 fully saturated rings. The predicted molar refractivity (Wildman–Crippen MR) is 116 cm³/mol. The maximum Gasteiger partial charge on any atom is 0.338 e. The van der Waals surface area contributed by atoms with Crippen molar-refractivity contribution >= 4 is 17.6 Å². The van der Waals surface area contributed by atoms with Crippen LogP contribution in [0.2, 0.25) is 5.02 Å². The number of hydrogen-bond acceptors (Lipinski definition) is 4. The first-order valence-electron chi connectivity index (χ1n) is 10.1. The lowest BCUT2D eigenvalue weighted by atomic mass is 10.0. The number of esters is 1. The van der Waals surface area contributed by atoms with Gasteiger partial charge in [-0.2, -0.15) is 0 Å². The van der Waals surface area contributed by atoms with Crippen LogP contribution in [0, 0.1) is 24.7 Å². The van der Waals surface area contributed by atoms with Crippen LogP contribution in [0.5, 0.6) is 0 Å². The number of halogens is 1. The summed E-state index contributed by atoms with van der Waals surface area (Å²) in [5, 5.41) is 4.59. The number of rotatable bonds is 4. The van der Waals surface area contributed by atoms with Crippen LogP contribution in [0.25, 0.3) is 11.3 Å². The van der Waals surface area contributed by atoms with Crippen LogP contribution in [-0.4, -0.2) is 11.1 Å². The summed E-state index contributed by atoms with van der Waals surface area (Å²) >= 11 is 6.19. The first-order valence-corrected chi connectivity index (χ1v) is 10.5. The van der Waals surface area contributed by atoms with Crippen molar-refractivity contribution in [1.82, 2.24) is 5.16 Å². The summed E-state index contributed by atoms with van der Waals surface area (Å²) < 4.78 is 10.7. The van der Waals surface area contributed by atoms with Gasteiger partial charge in [0.05, 0.1) is 10.6 Å². The highest BCUT2D eigenvalue weighted by molar-refractivity contribution is 6.33. The van der Waals surface area contributed by atoms with Crippen LogP contribution in [0.15, 0.2) is 53.1 Å². The van der Waals surface area contributed by atoms with E-state index in [-0.39, 0.29) is 6.61 Å². The highest BCUT2D eigenvalue weighted by Crippen LogP contribution is 2.27. The average molecular weight is 420 g/mol. The van der Waals surface area contributed by atoms with Crippen molar-refractivity contribution < 1.29 is 14.1 Å². The average Bonchev–Trinajstić information content (AvgIpc) is 3.43. The number of aromatic nitrogens is 1. The van der Waals surface area contributed by atoms with Crippen molar-refractivity contribution in [3.05, 3.63) is 76.0 Å². The summed E-state index contributed by atoms with van der Waals surface area (Å²) in [6.45, 7) is 1.96. The molecule has 3 aromatic rings. The lowest BCUT2D eigenvalue weighted by Gasteiger charge is -2.05. The van der Waals surface area contributed by atoms with E-state index in [0.29, 0.717) is 28.0 Å². The van der Waals surface area contributed by atoms with E-state index in [4.69, 9.17) is 20.9 Å². The second-order valence-corrected chi connectivity index (χ2v) is 7.92. The van der Waals surface area contributed by atoms with Crippen LogP contribution in [-0.2, 0) is 11.3 Å². The van der Waals surface area contributed by atoms with E-state index in [1.807, 2.05) is 37.3 Å². The maximum atomic E-state index is 12.4. The second-order valence-electron chi connectivity index (χ2n) is 7.51. The van der Waals surface area contributed by atoms with Crippen molar-refractivity contribution in [1.29, 1.82) is 0 Å². The predicted octanol–water partition coefficient (Wildman–Crippen LogP) is 6.20. The lowest BCUT2D eigenvalue weighted by molar-refractivity contribution is 0.0437. The third kappa shape index (κ3) is 4.75. The SMILES string of the molecule is Cc1cc(C(=O)OCc2cc(-c3ccccc3Cl)no2)ccc1C#CC1CCCC1. The molecule has 0 radical (unpaired) electrons. The molecule has 0 atom stereocenters. The highest BCUT2D eigenvalue weighted by atomic mass is 35.5. The van der Waals surface area contributed by atoms with E-state index in [1.54, 1.807) is 18.2 Å². The number of aryl methyl sites for hydroxylation is 1. The number of carbonyl (C=O) groups excluding carboxylic acids is 1. The van der Waals surface area contributed by atoms with Gasteiger partial charge in [0.1, 0.15) is 5.69 Å². The Morgan fingerprint density at radius 3 is 2.77 bits per heavy atom. The van der Waals surface area contributed by atoms with Gasteiger partial charge in [-0.15, -0.1) is 0 Å². The van der Waals surface area contributed by atoms with Gasteiger partial charge in [0.15, 0.2) is 12.4 Å². The van der Waals surface area contributed by atoms with E-state index in [0.717, 1.165) is 16.7 Å². The Morgan fingerprint density at radius 1 is 1.20 bits per heavy atom. The molecule has 0 bridgehead atoms. The molecule has 4 nitrogen and oxygen atoms in total. The van der Waals surface area contributed by atoms with E-state index >= 15 is 0 Å². The molecule has 0 amide bonds. The zero-order valence-electron chi connectivity index (χ0n) is 16.8. The van der Waals surface area contributed by atoms with Gasteiger partial charge in [-0.1, -0.05) is 59.6 Å². The molecule has 1 saturated carbocycles. The minimum atomic E-state index is -0.413. The molecule has 0 spiro atoms. The number of hydrogen-bond donors (Lipinski definition) is 0. The van der Waals surface area contributed by atoms with Gasteiger partial charge in [0.25, 0.3) is 0 Å². The summed E-state index contributed by atoms with van der Waals surface area (Å²) in [6.07, 6.45) is 4.93. The van der Waals surface area contributed by atoms with Crippen molar-refractivity contribution in [2.45, 2.75) is 39.2 Å². The van der Waals surface area contributed by atoms with Gasteiger partial charge in [0, 0.05) is 23.1 Å². The molecule has 0 saturated heterocycles. The van der Waals surface area contributed by atoms with Crippen LogP contribution in [0.4, 0.5) is 0 Å². The summed E-state index contributed by atoms with van der Waals surface area (Å²) in [5.74, 6) is 7.17. The number of nitrogens with zero attached hydrogens (tertiary/aromatic N) is 1. The van der Waals surface area contributed by atoms with E-state index < -0.39 is 5.97 Å². The van der Waals surface area contributed by atoms with E-state index in [1.165, 1.54) is 25.7 Å². The Bertz CT molecular complexity index is 1120. The molecular weight excluding hydrogens is 398 g/mol. The molecule has 1 aliphatic carbocycles. The van der Waals surface area contributed by atoms with E-state index in [2.05, 4.69) is 17.0 Å². The molecule has 1 aliphatic rings. The van der Waals surface area contributed by atoms with Crippen LogP contribution in [0.1, 0.15) is 52.9 Å². The summed E-state index contributed by atoms with van der Waals surface area (Å²) in [6, 6.07) is 14.5. The number of benzene rings is 2. The topological polar surface area (TPSA) is 52.3 Å². The molecule has 1 heterocycles. The first-order chi connectivity index (χ1) is 14.6. The Labute approximate surface area is 181 Å². The maximum absolute atomic E-state index is 12.4. The molecule has 1 aromatic heterocycles. The van der Waals surface area contributed by atoms with Crippen LogP contribution < -0.4 is 0 Å². The van der Waals surface area contributed by atoms with E-state index in [9.17, 15) is 4.79 Å². The second kappa shape index (κ2) is 9.19. The summed E-state index contributed by atoms with van der Waals surface area (Å²) in [7, 11) is 0.